The smallest absolute Gasteiger partial charge is 0.518 e. The average Bonchev–Trinajstić information content (AvgIpc) is 2.51. The van der Waals surface area contributed by atoms with Gasteiger partial charge in [-0.3, -0.25) is 0 Å². The number of nitrogens with zero attached hydrogens (tertiary/aromatic N) is 1. The van der Waals surface area contributed by atoms with Gasteiger partial charge in [0, 0.05) is 0 Å². The summed E-state index contributed by atoms with van der Waals surface area (Å²) in [5.74, 6) is -1.84. The molecule has 0 saturated heterocycles. The molecule has 1 fully saturated rings. The van der Waals surface area contributed by atoms with Crippen molar-refractivity contribution in [3.63, 3.8) is 0 Å². The van der Waals surface area contributed by atoms with Crippen LogP contribution >= 0.6 is 0 Å². The fourth-order valence-corrected chi connectivity index (χ4v) is 1.91. The average molecular weight is 244 g/mol. The first-order valence-electron chi connectivity index (χ1n) is 4.32. The summed E-state index contributed by atoms with van der Waals surface area (Å²) in [5.41, 5.74) is -5.48. The van der Waals surface area contributed by atoms with Crippen LogP contribution in [0.5, 0.6) is 0 Å². The Balaban J connectivity index is 2.87. The van der Waals surface area contributed by atoms with Crippen molar-refractivity contribution in [3.05, 3.63) is 0 Å². The van der Waals surface area contributed by atoms with Crippen LogP contribution < -0.4 is 5.11 Å². The fourth-order valence-electron chi connectivity index (χ4n) is 1.42. The van der Waals surface area contributed by atoms with Crippen LogP contribution in [0.2, 0.25) is 0 Å². The van der Waals surface area contributed by atoms with E-state index >= 15 is 0 Å². The van der Waals surface area contributed by atoms with E-state index in [2.05, 4.69) is 4.40 Å². The van der Waals surface area contributed by atoms with Crippen LogP contribution in [0.3, 0.4) is 0 Å². The molecular weight excluding hydrogens is 235 g/mol. The summed E-state index contributed by atoms with van der Waals surface area (Å²) in [6.45, 7) is 0. The SMILES string of the molecule is O=S(=O)(/N=C(\[O-])C1CCCC1)C(F)(F)F. The second kappa shape index (κ2) is 3.99. The molecule has 0 atom stereocenters. The molecule has 0 aromatic rings. The zero-order valence-electron chi connectivity index (χ0n) is 7.62. The lowest BCUT2D eigenvalue weighted by Gasteiger charge is -2.17. The van der Waals surface area contributed by atoms with Gasteiger partial charge < -0.3 is 5.11 Å². The molecule has 15 heavy (non-hydrogen) atoms. The monoisotopic (exact) mass is 244 g/mol. The Morgan fingerprint density at radius 1 is 1.27 bits per heavy atom. The van der Waals surface area contributed by atoms with E-state index in [9.17, 15) is 26.7 Å². The van der Waals surface area contributed by atoms with E-state index in [1.54, 1.807) is 0 Å². The third kappa shape index (κ3) is 2.83. The summed E-state index contributed by atoms with van der Waals surface area (Å²) < 4.78 is 58.8. The highest BCUT2D eigenvalue weighted by Crippen LogP contribution is 2.28. The van der Waals surface area contributed by atoms with Gasteiger partial charge in [-0.2, -0.15) is 26.0 Å². The summed E-state index contributed by atoms with van der Waals surface area (Å²) in [6.07, 6.45) is 2.27. The molecule has 88 valence electrons. The first-order chi connectivity index (χ1) is 6.74. The molecule has 0 radical (unpaired) electrons. The molecule has 0 N–H and O–H groups in total. The van der Waals surface area contributed by atoms with Crippen molar-refractivity contribution < 1.29 is 26.7 Å². The molecule has 0 aliphatic heterocycles. The van der Waals surface area contributed by atoms with Gasteiger partial charge in [-0.25, -0.2) is 0 Å². The van der Waals surface area contributed by atoms with Gasteiger partial charge >= 0.3 is 15.5 Å². The highest BCUT2D eigenvalue weighted by atomic mass is 32.2. The van der Waals surface area contributed by atoms with Crippen LogP contribution in [0, 0.1) is 5.92 Å². The van der Waals surface area contributed by atoms with Crippen molar-refractivity contribution >= 4 is 15.9 Å². The Kier molecular flexibility index (Phi) is 3.27. The van der Waals surface area contributed by atoms with E-state index in [0.717, 1.165) is 12.8 Å². The first kappa shape index (κ1) is 12.3. The molecule has 0 amide bonds. The molecule has 1 aliphatic carbocycles. The minimum atomic E-state index is -5.66. The Hall–Kier alpha value is -0.790. The third-order valence-corrected chi connectivity index (χ3v) is 3.21. The summed E-state index contributed by atoms with van der Waals surface area (Å²) in [5, 5.41) is 11.1. The maximum Gasteiger partial charge on any atom is 0.518 e. The van der Waals surface area contributed by atoms with Gasteiger partial charge in [0.2, 0.25) is 0 Å². The Morgan fingerprint density at radius 3 is 2.13 bits per heavy atom. The topological polar surface area (TPSA) is 69.6 Å². The zero-order chi connectivity index (χ0) is 11.7. The van der Waals surface area contributed by atoms with Crippen molar-refractivity contribution in [1.82, 2.24) is 0 Å². The number of rotatable bonds is 2. The number of alkyl halides is 3. The maximum atomic E-state index is 11.8. The molecule has 1 saturated carbocycles. The van der Waals surface area contributed by atoms with Gasteiger partial charge in [0.25, 0.3) is 0 Å². The van der Waals surface area contributed by atoms with E-state index in [0.29, 0.717) is 12.8 Å². The molecule has 0 spiro atoms. The third-order valence-electron chi connectivity index (χ3n) is 2.21. The van der Waals surface area contributed by atoms with Gasteiger partial charge in [-0.1, -0.05) is 12.8 Å². The van der Waals surface area contributed by atoms with Crippen LogP contribution in [-0.2, 0) is 10.0 Å². The van der Waals surface area contributed by atoms with Crippen LogP contribution in [0.15, 0.2) is 4.40 Å². The zero-order valence-corrected chi connectivity index (χ0v) is 8.44. The van der Waals surface area contributed by atoms with E-state index in [4.69, 9.17) is 0 Å². The summed E-state index contributed by atoms with van der Waals surface area (Å²) in [7, 11) is -5.66. The van der Waals surface area contributed by atoms with E-state index in [1.807, 2.05) is 0 Å². The normalized spacial score (nSPS) is 20.9. The van der Waals surface area contributed by atoms with Crippen molar-refractivity contribution in [2.75, 3.05) is 0 Å². The maximum absolute atomic E-state index is 11.8. The molecule has 0 heterocycles. The minimum Gasteiger partial charge on any atom is -0.861 e. The molecule has 0 bridgehead atoms. The first-order valence-corrected chi connectivity index (χ1v) is 5.76. The lowest BCUT2D eigenvalue weighted by Crippen LogP contribution is -2.30. The summed E-state index contributed by atoms with van der Waals surface area (Å²) >= 11 is 0. The van der Waals surface area contributed by atoms with Crippen molar-refractivity contribution in [1.29, 1.82) is 0 Å². The predicted molar refractivity (Wildman–Crippen MR) is 44.4 cm³/mol. The van der Waals surface area contributed by atoms with Gasteiger partial charge in [-0.05, 0) is 24.7 Å². The number of hydrogen-bond donors (Lipinski definition) is 0. The molecule has 8 heteroatoms. The van der Waals surface area contributed by atoms with E-state index in [1.165, 1.54) is 0 Å². The second-order valence-electron chi connectivity index (χ2n) is 3.33. The van der Waals surface area contributed by atoms with Crippen LogP contribution in [-0.4, -0.2) is 19.8 Å². The molecule has 4 nitrogen and oxygen atoms in total. The molecule has 0 aromatic carbocycles. The quantitative estimate of drug-likeness (QED) is 0.532. The standard InChI is InChI=1S/C7H10F3NO3S/c8-7(9,10)15(13,14)11-6(12)5-3-1-2-4-5/h5H,1-4H2,(H,11,12)/p-1. The predicted octanol–water partition coefficient (Wildman–Crippen LogP) is 0.785. The van der Waals surface area contributed by atoms with E-state index in [-0.39, 0.29) is 0 Å². The second-order valence-corrected chi connectivity index (χ2v) is 4.93. The Bertz CT molecular complexity index is 354. The van der Waals surface area contributed by atoms with Crippen LogP contribution in [0.4, 0.5) is 13.2 Å². The van der Waals surface area contributed by atoms with Crippen molar-refractivity contribution in [2.24, 2.45) is 10.3 Å². The number of sulfonamides is 1. The lowest BCUT2D eigenvalue weighted by molar-refractivity contribution is -0.223. The minimum absolute atomic E-state index is 0.412. The highest BCUT2D eigenvalue weighted by molar-refractivity contribution is 7.91. The van der Waals surface area contributed by atoms with Crippen LogP contribution in [0.1, 0.15) is 25.7 Å². The Labute approximate surface area is 84.9 Å². The highest BCUT2D eigenvalue weighted by Gasteiger charge is 2.45. The number of halogens is 3. The molecule has 0 unspecified atom stereocenters. The fraction of sp³-hybridized carbons (Fsp3) is 0.857. The summed E-state index contributed by atoms with van der Waals surface area (Å²) in [4.78, 5) is 0. The summed E-state index contributed by atoms with van der Waals surface area (Å²) in [6, 6.07) is 0. The number of hydrogen-bond acceptors (Lipinski definition) is 3. The largest absolute Gasteiger partial charge is 0.861 e. The van der Waals surface area contributed by atoms with Gasteiger partial charge in [0.15, 0.2) is 0 Å². The van der Waals surface area contributed by atoms with Gasteiger partial charge in [0.05, 0.1) is 0 Å². The Morgan fingerprint density at radius 2 is 1.73 bits per heavy atom. The molecule has 1 aliphatic rings. The van der Waals surface area contributed by atoms with Gasteiger partial charge in [0.1, 0.15) is 0 Å². The molecule has 0 aromatic heterocycles. The van der Waals surface area contributed by atoms with Crippen molar-refractivity contribution in [2.45, 2.75) is 31.2 Å². The molecular formula is C7H9F3NO3S-. The van der Waals surface area contributed by atoms with E-state index < -0.39 is 27.3 Å². The lowest BCUT2D eigenvalue weighted by atomic mass is 10.1. The van der Waals surface area contributed by atoms with Crippen molar-refractivity contribution in [3.8, 4) is 0 Å². The molecule has 1 rings (SSSR count). The van der Waals surface area contributed by atoms with Crippen LogP contribution in [0.25, 0.3) is 0 Å². The van der Waals surface area contributed by atoms with Gasteiger partial charge in [-0.15, -0.1) is 0 Å².